The molecule has 2 saturated carbocycles. The van der Waals surface area contributed by atoms with Crippen LogP contribution < -0.4 is 10.2 Å². The van der Waals surface area contributed by atoms with Gasteiger partial charge in [0.25, 0.3) is 0 Å². The normalized spacial score (nSPS) is 25.4. The predicted molar refractivity (Wildman–Crippen MR) is 142 cm³/mol. The molecule has 1 N–H and O–H groups in total. The molecule has 1 aromatic rings. The van der Waals surface area contributed by atoms with E-state index < -0.39 is 76.3 Å². The summed E-state index contributed by atoms with van der Waals surface area (Å²) in [6, 6.07) is 6.49. The zero-order valence-corrected chi connectivity index (χ0v) is 24.0. The van der Waals surface area contributed by atoms with Gasteiger partial charge in [-0.25, -0.2) is 13.2 Å². The van der Waals surface area contributed by atoms with Gasteiger partial charge >= 0.3 is 12.3 Å². The standard InChI is InChI=1S/C26H31ClF3N5O5S/c1-2-33-9-11-34(12-10-33)17-3-4-20(19(27)13-17)41(38,39)18-14-21(40-23(37)32-24(16-31)5-6-24)35(15-18)22(36)25(7-8-25)26(28,29)30/h3-4,13,18,21H,2,5-12,14-15H2,1H3,(H,32,37)/t18-,21+/m1/s1. The van der Waals surface area contributed by atoms with Gasteiger partial charge < -0.3 is 24.8 Å². The number of sulfone groups is 1. The molecule has 41 heavy (non-hydrogen) atoms. The van der Waals surface area contributed by atoms with Crippen molar-refractivity contribution < 1.29 is 35.9 Å². The summed E-state index contributed by atoms with van der Waals surface area (Å²) in [5.74, 6) is -1.32. The maximum absolute atomic E-state index is 13.8. The third-order valence-corrected chi connectivity index (χ3v) is 11.2. The number of nitriles is 1. The number of hydrogen-bond donors (Lipinski definition) is 1. The number of carbonyl (C=O) groups excluding carboxylic acids is 2. The van der Waals surface area contributed by atoms with E-state index >= 15 is 0 Å². The molecule has 2 atom stereocenters. The highest BCUT2D eigenvalue weighted by atomic mass is 35.5. The zero-order chi connectivity index (χ0) is 29.8. The molecule has 2 saturated heterocycles. The Labute approximate surface area is 241 Å². The van der Waals surface area contributed by atoms with Gasteiger partial charge in [-0.3, -0.25) is 4.79 Å². The lowest BCUT2D eigenvalue weighted by Gasteiger charge is -2.35. The Hall–Kier alpha value is -2.76. The van der Waals surface area contributed by atoms with Crippen molar-refractivity contribution in [1.82, 2.24) is 15.1 Å². The average molecular weight is 618 g/mol. The average Bonchev–Trinajstić information content (AvgIpc) is 3.85. The Morgan fingerprint density at radius 2 is 1.83 bits per heavy atom. The van der Waals surface area contributed by atoms with Gasteiger partial charge in [0.15, 0.2) is 16.1 Å². The number of carbonyl (C=O) groups is 2. The fourth-order valence-electron chi connectivity index (χ4n) is 5.49. The fraction of sp³-hybridized carbons (Fsp3) is 0.654. The van der Waals surface area contributed by atoms with Crippen LogP contribution in [-0.4, -0.2) is 92.7 Å². The van der Waals surface area contributed by atoms with Crippen molar-refractivity contribution in [2.45, 2.75) is 67.1 Å². The summed E-state index contributed by atoms with van der Waals surface area (Å²) in [5, 5.41) is 10.2. The number of benzene rings is 1. The van der Waals surface area contributed by atoms with Gasteiger partial charge in [-0.15, -0.1) is 0 Å². The van der Waals surface area contributed by atoms with Crippen LogP contribution in [0.1, 0.15) is 39.0 Å². The van der Waals surface area contributed by atoms with Crippen LogP contribution in [0.25, 0.3) is 0 Å². The number of alkyl carbamates (subject to hydrolysis) is 1. The number of nitrogens with zero attached hydrogens (tertiary/aromatic N) is 4. The lowest BCUT2D eigenvalue weighted by molar-refractivity contribution is -0.201. The molecule has 0 bridgehead atoms. The number of piperazine rings is 1. The summed E-state index contributed by atoms with van der Waals surface area (Å²) < 4.78 is 74.1. The van der Waals surface area contributed by atoms with Crippen molar-refractivity contribution >= 4 is 39.1 Å². The van der Waals surface area contributed by atoms with Gasteiger partial charge in [0.1, 0.15) is 11.0 Å². The number of halogens is 4. The first-order valence-electron chi connectivity index (χ1n) is 13.5. The maximum Gasteiger partial charge on any atom is 0.410 e. The van der Waals surface area contributed by atoms with E-state index in [1.54, 1.807) is 12.1 Å². The smallest absolute Gasteiger partial charge is 0.410 e. The number of likely N-dealkylation sites (N-methyl/N-ethyl adjacent to an activating group) is 1. The van der Waals surface area contributed by atoms with E-state index in [-0.39, 0.29) is 9.92 Å². The van der Waals surface area contributed by atoms with Crippen LogP contribution in [0.4, 0.5) is 23.7 Å². The number of anilines is 1. The van der Waals surface area contributed by atoms with Crippen molar-refractivity contribution in [1.29, 1.82) is 5.26 Å². The minimum atomic E-state index is -4.84. The van der Waals surface area contributed by atoms with Gasteiger partial charge in [0.05, 0.1) is 21.2 Å². The van der Waals surface area contributed by atoms with E-state index in [1.165, 1.54) is 6.07 Å². The molecule has 0 spiro atoms. The molecule has 2 amide bonds. The number of hydrogen-bond acceptors (Lipinski definition) is 8. The molecule has 2 aliphatic carbocycles. The van der Waals surface area contributed by atoms with Crippen molar-refractivity contribution in [3.8, 4) is 6.07 Å². The van der Waals surface area contributed by atoms with E-state index in [4.69, 9.17) is 16.3 Å². The summed E-state index contributed by atoms with van der Waals surface area (Å²) in [7, 11) is -4.25. The number of rotatable bonds is 7. The van der Waals surface area contributed by atoms with Gasteiger partial charge in [-0.2, -0.15) is 18.4 Å². The molecule has 0 unspecified atom stereocenters. The second kappa shape index (κ2) is 10.5. The van der Waals surface area contributed by atoms with E-state index in [0.717, 1.165) is 38.4 Å². The topological polar surface area (TPSA) is 123 Å². The van der Waals surface area contributed by atoms with Gasteiger partial charge in [-0.05, 0) is 50.4 Å². The van der Waals surface area contributed by atoms with E-state index in [9.17, 15) is 36.4 Å². The fourth-order valence-corrected chi connectivity index (χ4v) is 7.71. The Balaban J connectivity index is 1.37. The molecule has 0 radical (unpaired) electrons. The van der Waals surface area contributed by atoms with Crippen LogP contribution in [0.15, 0.2) is 23.1 Å². The zero-order valence-electron chi connectivity index (χ0n) is 22.4. The Morgan fingerprint density at radius 3 is 2.34 bits per heavy atom. The predicted octanol–water partition coefficient (Wildman–Crippen LogP) is 3.31. The Morgan fingerprint density at radius 1 is 1.17 bits per heavy atom. The van der Waals surface area contributed by atoms with Crippen molar-refractivity contribution in [3.05, 3.63) is 23.2 Å². The highest BCUT2D eigenvalue weighted by Gasteiger charge is 2.70. The van der Waals surface area contributed by atoms with Crippen molar-refractivity contribution in [3.63, 3.8) is 0 Å². The molecule has 4 fully saturated rings. The van der Waals surface area contributed by atoms with Gasteiger partial charge in [0, 0.05) is 44.8 Å². The minimum absolute atomic E-state index is 0.0425. The molecular formula is C26H31ClF3N5O5S. The summed E-state index contributed by atoms with van der Waals surface area (Å²) in [6.07, 6.45) is -8.05. The molecule has 10 nitrogen and oxygen atoms in total. The molecule has 1 aromatic carbocycles. The minimum Gasteiger partial charge on any atom is -0.425 e. The van der Waals surface area contributed by atoms with Gasteiger partial charge in [-0.1, -0.05) is 18.5 Å². The first-order valence-corrected chi connectivity index (χ1v) is 15.5. The molecule has 224 valence electrons. The number of ether oxygens (including phenoxy) is 1. The summed E-state index contributed by atoms with van der Waals surface area (Å²) in [4.78, 5) is 30.6. The quantitative estimate of drug-likeness (QED) is 0.495. The highest BCUT2D eigenvalue weighted by molar-refractivity contribution is 7.92. The lowest BCUT2D eigenvalue weighted by Crippen LogP contribution is -2.49. The van der Waals surface area contributed by atoms with Crippen molar-refractivity contribution in [2.75, 3.05) is 44.2 Å². The molecule has 0 aromatic heterocycles. The van der Waals surface area contributed by atoms with Crippen LogP contribution in [0.5, 0.6) is 0 Å². The molecule has 2 heterocycles. The first-order chi connectivity index (χ1) is 19.2. The SMILES string of the molecule is CCN1CCN(c2ccc(S(=O)(=O)[C@@H]3C[C@H](OC(=O)NC4(C#N)CC4)N(C(=O)C4(C(F)(F)F)CC4)C3)c(Cl)c2)CC1. The van der Waals surface area contributed by atoms with Crippen LogP contribution in [0.2, 0.25) is 5.02 Å². The first kappa shape index (κ1) is 29.7. The number of amides is 2. The summed E-state index contributed by atoms with van der Waals surface area (Å²) in [5.41, 5.74) is -3.01. The monoisotopic (exact) mass is 617 g/mol. The largest absolute Gasteiger partial charge is 0.425 e. The molecule has 15 heteroatoms. The number of nitrogens with one attached hydrogen (secondary N) is 1. The highest BCUT2D eigenvalue weighted by Crippen LogP contribution is 2.59. The van der Waals surface area contributed by atoms with Crippen LogP contribution in [0.3, 0.4) is 0 Å². The number of alkyl halides is 3. The van der Waals surface area contributed by atoms with E-state index in [1.807, 2.05) is 6.07 Å². The maximum atomic E-state index is 13.8. The summed E-state index contributed by atoms with van der Waals surface area (Å²) in [6.45, 7) is 5.60. The molecule has 2 aliphatic heterocycles. The van der Waals surface area contributed by atoms with Gasteiger partial charge in [0.2, 0.25) is 5.91 Å². The number of likely N-dealkylation sites (tertiary alicyclic amines) is 1. The Bertz CT molecular complexity index is 1370. The van der Waals surface area contributed by atoms with E-state index in [2.05, 4.69) is 22.0 Å². The van der Waals surface area contributed by atoms with Crippen molar-refractivity contribution in [2.24, 2.45) is 5.41 Å². The van der Waals surface area contributed by atoms with Crippen LogP contribution >= 0.6 is 11.6 Å². The Kier molecular flexibility index (Phi) is 7.61. The van der Waals surface area contributed by atoms with E-state index in [0.29, 0.717) is 17.7 Å². The second-order valence-electron chi connectivity index (χ2n) is 11.2. The molecule has 5 rings (SSSR count). The van der Waals surface area contributed by atoms with Crippen LogP contribution in [-0.2, 0) is 19.4 Å². The molecular weight excluding hydrogens is 587 g/mol. The third kappa shape index (κ3) is 5.56. The third-order valence-electron chi connectivity index (χ3n) is 8.57. The second-order valence-corrected chi connectivity index (χ2v) is 13.8. The van der Waals surface area contributed by atoms with Crippen LogP contribution in [0, 0.1) is 16.7 Å². The lowest BCUT2D eigenvalue weighted by atomic mass is 10.1. The molecule has 4 aliphatic rings. The summed E-state index contributed by atoms with van der Waals surface area (Å²) >= 11 is 6.45.